The zero-order chi connectivity index (χ0) is 17.8. The summed E-state index contributed by atoms with van der Waals surface area (Å²) in [6.07, 6.45) is 4.14. The van der Waals surface area contributed by atoms with Gasteiger partial charge in [0.1, 0.15) is 5.69 Å². The maximum Gasteiger partial charge on any atom is 0.289 e. The first-order valence-electron chi connectivity index (χ1n) is 7.81. The van der Waals surface area contributed by atoms with Crippen LogP contribution < -0.4 is 10.9 Å². The molecule has 1 saturated heterocycles. The third kappa shape index (κ3) is 4.11. The van der Waals surface area contributed by atoms with Crippen molar-refractivity contribution in [2.45, 2.75) is 12.8 Å². The molecule has 8 nitrogen and oxygen atoms in total. The van der Waals surface area contributed by atoms with Crippen molar-refractivity contribution in [1.29, 1.82) is 0 Å². The van der Waals surface area contributed by atoms with Crippen molar-refractivity contribution in [3.63, 3.8) is 0 Å². The van der Waals surface area contributed by atoms with Crippen LogP contribution in [0.3, 0.4) is 0 Å². The summed E-state index contributed by atoms with van der Waals surface area (Å²) in [5, 5.41) is 0. The number of aromatic amines is 1. The molecule has 25 heavy (non-hydrogen) atoms. The number of nitrogens with zero attached hydrogens (tertiary/aromatic N) is 1. The van der Waals surface area contributed by atoms with E-state index < -0.39 is 5.91 Å². The maximum absolute atomic E-state index is 12.2. The van der Waals surface area contributed by atoms with Crippen molar-refractivity contribution in [1.82, 2.24) is 20.7 Å². The van der Waals surface area contributed by atoms with Gasteiger partial charge in [-0.2, -0.15) is 0 Å². The highest BCUT2D eigenvalue weighted by Gasteiger charge is 2.29. The van der Waals surface area contributed by atoms with E-state index in [9.17, 15) is 14.4 Å². The Hall–Kier alpha value is -2.55. The first kappa shape index (κ1) is 17.3. The van der Waals surface area contributed by atoms with E-state index in [-0.39, 0.29) is 17.7 Å². The van der Waals surface area contributed by atoms with Gasteiger partial charge in [0.15, 0.2) is 5.76 Å². The molecule has 0 aromatic carbocycles. The normalized spacial score (nSPS) is 15.0. The molecular formula is C16H17BrN4O4. The second-order valence-corrected chi connectivity index (χ2v) is 6.63. The Labute approximate surface area is 152 Å². The van der Waals surface area contributed by atoms with E-state index in [0.29, 0.717) is 37.4 Å². The van der Waals surface area contributed by atoms with Crippen LogP contribution >= 0.6 is 15.9 Å². The van der Waals surface area contributed by atoms with Gasteiger partial charge in [0.2, 0.25) is 5.91 Å². The number of halogens is 1. The van der Waals surface area contributed by atoms with E-state index in [1.165, 1.54) is 6.26 Å². The Morgan fingerprint density at radius 3 is 2.60 bits per heavy atom. The van der Waals surface area contributed by atoms with Crippen molar-refractivity contribution in [3.8, 4) is 0 Å². The number of nitrogens with one attached hydrogen (secondary N) is 3. The lowest BCUT2D eigenvalue weighted by Gasteiger charge is -2.30. The second-order valence-electron chi connectivity index (χ2n) is 5.72. The molecule has 2 aromatic rings. The van der Waals surface area contributed by atoms with Crippen molar-refractivity contribution in [2.75, 3.05) is 13.1 Å². The minimum Gasteiger partial charge on any atom is -0.459 e. The molecule has 0 saturated carbocycles. The minimum absolute atomic E-state index is 0.172. The number of H-pyrrole nitrogens is 1. The van der Waals surface area contributed by atoms with Crippen LogP contribution in [0.15, 0.2) is 39.5 Å². The standard InChI is InChI=1S/C16H17BrN4O4/c17-11-8-12(18-9-11)15(23)20-19-14(22)10-3-5-21(6-4-10)16(24)13-2-1-7-25-13/h1-2,7-10,18H,3-6H2,(H,19,22)(H,20,23). The molecule has 0 radical (unpaired) electrons. The van der Waals surface area contributed by atoms with E-state index >= 15 is 0 Å². The Balaban J connectivity index is 1.45. The summed E-state index contributed by atoms with van der Waals surface area (Å²) in [7, 11) is 0. The fourth-order valence-electron chi connectivity index (χ4n) is 2.69. The first-order chi connectivity index (χ1) is 12.0. The Bertz CT molecular complexity index is 763. The first-order valence-corrected chi connectivity index (χ1v) is 8.61. The molecule has 3 N–H and O–H groups in total. The molecule has 1 aliphatic heterocycles. The third-order valence-corrected chi connectivity index (χ3v) is 4.53. The highest BCUT2D eigenvalue weighted by molar-refractivity contribution is 9.10. The van der Waals surface area contributed by atoms with Crippen molar-refractivity contribution >= 4 is 33.7 Å². The van der Waals surface area contributed by atoms with Crippen LogP contribution in [0.4, 0.5) is 0 Å². The fourth-order valence-corrected chi connectivity index (χ4v) is 3.03. The number of hydrogen-bond acceptors (Lipinski definition) is 4. The molecule has 3 amide bonds. The summed E-state index contributed by atoms with van der Waals surface area (Å²) < 4.78 is 5.85. The van der Waals surface area contributed by atoms with E-state index in [0.717, 1.165) is 4.47 Å². The summed E-state index contributed by atoms with van der Waals surface area (Å²) >= 11 is 3.24. The van der Waals surface area contributed by atoms with E-state index in [4.69, 9.17) is 4.42 Å². The van der Waals surface area contributed by atoms with Gasteiger partial charge in [-0.1, -0.05) is 0 Å². The molecular weight excluding hydrogens is 392 g/mol. The van der Waals surface area contributed by atoms with Gasteiger partial charge in [-0.05, 0) is 47.0 Å². The van der Waals surface area contributed by atoms with Crippen LogP contribution in [0.25, 0.3) is 0 Å². The van der Waals surface area contributed by atoms with Crippen molar-refractivity contribution < 1.29 is 18.8 Å². The smallest absolute Gasteiger partial charge is 0.289 e. The number of hydrogen-bond donors (Lipinski definition) is 3. The molecule has 0 bridgehead atoms. The zero-order valence-corrected chi connectivity index (χ0v) is 14.8. The van der Waals surface area contributed by atoms with Gasteiger partial charge in [-0.3, -0.25) is 25.2 Å². The lowest BCUT2D eigenvalue weighted by Crippen LogP contribution is -2.48. The Morgan fingerprint density at radius 1 is 1.24 bits per heavy atom. The molecule has 1 aliphatic rings. The summed E-state index contributed by atoms with van der Waals surface area (Å²) in [5.41, 5.74) is 5.15. The number of aromatic nitrogens is 1. The molecule has 3 heterocycles. The number of carbonyl (C=O) groups excluding carboxylic acids is 3. The monoisotopic (exact) mass is 408 g/mol. The van der Waals surface area contributed by atoms with Gasteiger partial charge in [0.05, 0.1) is 6.26 Å². The summed E-state index contributed by atoms with van der Waals surface area (Å²) in [5.74, 6) is -0.813. The SMILES string of the molecule is O=C(NNC(=O)C1CCN(C(=O)c2ccco2)CC1)c1cc(Br)c[nH]1. The lowest BCUT2D eigenvalue weighted by atomic mass is 9.96. The van der Waals surface area contributed by atoms with Crippen molar-refractivity contribution in [3.05, 3.63) is 46.6 Å². The van der Waals surface area contributed by atoms with Gasteiger partial charge >= 0.3 is 0 Å². The topological polar surface area (TPSA) is 107 Å². The number of furan rings is 1. The van der Waals surface area contributed by atoms with Crippen LogP contribution in [0.5, 0.6) is 0 Å². The van der Waals surface area contributed by atoms with Crippen LogP contribution in [-0.2, 0) is 4.79 Å². The molecule has 2 aromatic heterocycles. The zero-order valence-electron chi connectivity index (χ0n) is 13.3. The predicted molar refractivity (Wildman–Crippen MR) is 91.4 cm³/mol. The van der Waals surface area contributed by atoms with Gasteiger partial charge in [-0.25, -0.2) is 0 Å². The number of carbonyl (C=O) groups is 3. The highest BCUT2D eigenvalue weighted by Crippen LogP contribution is 2.19. The average Bonchev–Trinajstić information content (AvgIpc) is 3.30. The summed E-state index contributed by atoms with van der Waals surface area (Å²) in [6.45, 7) is 0.935. The summed E-state index contributed by atoms with van der Waals surface area (Å²) in [4.78, 5) is 40.7. The molecule has 3 rings (SSSR count). The van der Waals surface area contributed by atoms with Gasteiger partial charge in [0.25, 0.3) is 11.8 Å². The van der Waals surface area contributed by atoms with E-state index in [1.54, 1.807) is 29.3 Å². The van der Waals surface area contributed by atoms with Crippen LogP contribution in [0.2, 0.25) is 0 Å². The van der Waals surface area contributed by atoms with Crippen LogP contribution in [0.1, 0.15) is 33.9 Å². The molecule has 0 unspecified atom stereocenters. The third-order valence-electron chi connectivity index (χ3n) is 4.08. The quantitative estimate of drug-likeness (QED) is 0.671. The van der Waals surface area contributed by atoms with Crippen molar-refractivity contribution in [2.24, 2.45) is 5.92 Å². The summed E-state index contributed by atoms with van der Waals surface area (Å²) in [6, 6.07) is 4.90. The molecule has 0 aliphatic carbocycles. The maximum atomic E-state index is 12.2. The number of amides is 3. The second kappa shape index (κ2) is 7.56. The van der Waals surface area contributed by atoms with Gasteiger partial charge in [0, 0.05) is 29.7 Å². The van der Waals surface area contributed by atoms with Gasteiger partial charge < -0.3 is 14.3 Å². The van der Waals surface area contributed by atoms with E-state index in [2.05, 4.69) is 31.8 Å². The number of likely N-dealkylation sites (tertiary alicyclic amines) is 1. The molecule has 1 fully saturated rings. The molecule has 132 valence electrons. The fraction of sp³-hybridized carbons (Fsp3) is 0.312. The largest absolute Gasteiger partial charge is 0.459 e. The Kier molecular flexibility index (Phi) is 5.22. The van der Waals surface area contributed by atoms with Crippen LogP contribution in [-0.4, -0.2) is 40.7 Å². The number of hydrazine groups is 1. The van der Waals surface area contributed by atoms with E-state index in [1.807, 2.05) is 0 Å². The van der Waals surface area contributed by atoms with Crippen LogP contribution in [0, 0.1) is 5.92 Å². The average molecular weight is 409 g/mol. The minimum atomic E-state index is -0.426. The van der Waals surface area contributed by atoms with Gasteiger partial charge in [-0.15, -0.1) is 0 Å². The highest BCUT2D eigenvalue weighted by atomic mass is 79.9. The predicted octanol–water partition coefficient (Wildman–Crippen LogP) is 1.68. The number of rotatable bonds is 3. The Morgan fingerprint density at radius 2 is 2.00 bits per heavy atom. The number of piperidine rings is 1. The molecule has 0 spiro atoms. The molecule has 0 atom stereocenters. The molecule has 9 heteroatoms. The lowest BCUT2D eigenvalue weighted by molar-refractivity contribution is -0.127.